The van der Waals surface area contributed by atoms with E-state index in [1.807, 2.05) is 56.1 Å². The number of aromatic nitrogens is 1. The predicted molar refractivity (Wildman–Crippen MR) is 81.3 cm³/mol. The Morgan fingerprint density at radius 3 is 2.45 bits per heavy atom. The number of aryl methyl sites for hydroxylation is 1. The number of rotatable bonds is 4. The van der Waals surface area contributed by atoms with Gasteiger partial charge in [-0.3, -0.25) is 4.79 Å². The number of benzene rings is 1. The van der Waals surface area contributed by atoms with Crippen LogP contribution in [0.5, 0.6) is 0 Å². The van der Waals surface area contributed by atoms with E-state index in [1.54, 1.807) is 16.8 Å². The van der Waals surface area contributed by atoms with Crippen molar-refractivity contribution >= 4 is 11.6 Å². The van der Waals surface area contributed by atoms with Crippen LogP contribution in [0.3, 0.4) is 0 Å². The maximum atomic E-state index is 12.7. The van der Waals surface area contributed by atoms with E-state index in [0.717, 1.165) is 5.56 Å². The molecular formula is C16H21N3O. The fraction of sp³-hybridized carbons (Fsp3) is 0.312. The Morgan fingerprint density at radius 2 is 1.95 bits per heavy atom. The highest BCUT2D eigenvalue weighted by Crippen LogP contribution is 2.16. The number of carbonyl (C=O) groups excluding carboxylic acids is 1. The minimum absolute atomic E-state index is 0.00283. The number of nitrogens with zero attached hydrogens (tertiary/aromatic N) is 2. The van der Waals surface area contributed by atoms with E-state index < -0.39 is 0 Å². The molecule has 2 N–H and O–H groups in total. The van der Waals surface area contributed by atoms with Crippen LogP contribution >= 0.6 is 0 Å². The second-order valence-corrected chi connectivity index (χ2v) is 5.28. The summed E-state index contributed by atoms with van der Waals surface area (Å²) in [6.07, 6.45) is 1.76. The number of amides is 1. The lowest BCUT2D eigenvalue weighted by atomic mass is 10.1. The molecule has 0 saturated heterocycles. The zero-order valence-electron chi connectivity index (χ0n) is 12.2. The number of nitrogens with two attached hydrogens (primary N) is 1. The van der Waals surface area contributed by atoms with Crippen LogP contribution in [0.4, 0.5) is 5.69 Å². The molecule has 20 heavy (non-hydrogen) atoms. The number of anilines is 1. The van der Waals surface area contributed by atoms with Gasteiger partial charge in [-0.25, -0.2) is 0 Å². The van der Waals surface area contributed by atoms with Crippen LogP contribution in [0.1, 0.15) is 29.9 Å². The van der Waals surface area contributed by atoms with Gasteiger partial charge in [0.2, 0.25) is 0 Å². The third-order valence-electron chi connectivity index (χ3n) is 3.33. The van der Waals surface area contributed by atoms with Crippen molar-refractivity contribution in [1.29, 1.82) is 0 Å². The maximum absolute atomic E-state index is 12.7. The molecule has 0 fully saturated rings. The summed E-state index contributed by atoms with van der Waals surface area (Å²) >= 11 is 0. The van der Waals surface area contributed by atoms with Crippen molar-refractivity contribution in [3.8, 4) is 0 Å². The lowest BCUT2D eigenvalue weighted by Gasteiger charge is -2.27. The number of nitrogen functional groups attached to an aromatic ring is 1. The van der Waals surface area contributed by atoms with E-state index in [4.69, 9.17) is 5.73 Å². The predicted octanol–water partition coefficient (Wildman–Crippen LogP) is 2.66. The lowest BCUT2D eigenvalue weighted by molar-refractivity contribution is 0.0680. The van der Waals surface area contributed by atoms with Gasteiger partial charge in [0, 0.05) is 25.8 Å². The summed E-state index contributed by atoms with van der Waals surface area (Å²) in [5.41, 5.74) is 8.10. The van der Waals surface area contributed by atoms with E-state index in [1.165, 1.54) is 0 Å². The highest BCUT2D eigenvalue weighted by Gasteiger charge is 2.21. The summed E-state index contributed by atoms with van der Waals surface area (Å²) in [5.74, 6) is 0.00283. The molecule has 0 saturated carbocycles. The summed E-state index contributed by atoms with van der Waals surface area (Å²) in [4.78, 5) is 14.5. The molecule has 1 amide bonds. The minimum atomic E-state index is 0.00283. The van der Waals surface area contributed by atoms with Gasteiger partial charge in [-0.15, -0.1) is 0 Å². The van der Waals surface area contributed by atoms with E-state index in [2.05, 4.69) is 0 Å². The Hall–Kier alpha value is -2.23. The van der Waals surface area contributed by atoms with Crippen molar-refractivity contribution in [3.63, 3.8) is 0 Å². The largest absolute Gasteiger partial charge is 0.397 e. The van der Waals surface area contributed by atoms with E-state index in [9.17, 15) is 4.79 Å². The van der Waals surface area contributed by atoms with Crippen LogP contribution in [0.25, 0.3) is 0 Å². The summed E-state index contributed by atoms with van der Waals surface area (Å²) in [6.45, 7) is 4.64. The van der Waals surface area contributed by atoms with Gasteiger partial charge < -0.3 is 15.2 Å². The van der Waals surface area contributed by atoms with Gasteiger partial charge in [0.15, 0.2) is 0 Å². The molecule has 4 heteroatoms. The fourth-order valence-corrected chi connectivity index (χ4v) is 2.22. The molecular weight excluding hydrogens is 250 g/mol. The SMILES string of the molecule is CC(C)N(Cc1ccccc1)C(=O)c1cc(N)cn1C. The first-order valence-corrected chi connectivity index (χ1v) is 6.75. The van der Waals surface area contributed by atoms with E-state index in [0.29, 0.717) is 17.9 Å². The normalized spacial score (nSPS) is 10.8. The summed E-state index contributed by atoms with van der Waals surface area (Å²) < 4.78 is 1.78. The monoisotopic (exact) mass is 271 g/mol. The average Bonchev–Trinajstić information content (AvgIpc) is 2.75. The average molecular weight is 271 g/mol. The molecule has 2 aromatic rings. The number of hydrogen-bond acceptors (Lipinski definition) is 2. The molecule has 4 nitrogen and oxygen atoms in total. The summed E-state index contributed by atoms with van der Waals surface area (Å²) in [5, 5.41) is 0. The van der Waals surface area contributed by atoms with Crippen LogP contribution in [0, 0.1) is 0 Å². The molecule has 0 unspecified atom stereocenters. The molecule has 0 radical (unpaired) electrons. The summed E-state index contributed by atoms with van der Waals surface area (Å²) in [6, 6.07) is 11.9. The zero-order chi connectivity index (χ0) is 14.7. The molecule has 1 aromatic heterocycles. The van der Waals surface area contributed by atoms with Gasteiger partial charge in [0.05, 0.1) is 5.69 Å². The number of carbonyl (C=O) groups is 1. The van der Waals surface area contributed by atoms with Crippen molar-refractivity contribution in [1.82, 2.24) is 9.47 Å². The van der Waals surface area contributed by atoms with Crippen LogP contribution in [0.15, 0.2) is 42.6 Å². The molecule has 2 rings (SSSR count). The molecule has 0 atom stereocenters. The van der Waals surface area contributed by atoms with Crippen LogP contribution in [-0.2, 0) is 13.6 Å². The third kappa shape index (κ3) is 3.02. The zero-order valence-corrected chi connectivity index (χ0v) is 12.2. The second kappa shape index (κ2) is 5.82. The van der Waals surface area contributed by atoms with Crippen molar-refractivity contribution in [2.24, 2.45) is 7.05 Å². The van der Waals surface area contributed by atoms with Gasteiger partial charge >= 0.3 is 0 Å². The summed E-state index contributed by atoms with van der Waals surface area (Å²) in [7, 11) is 1.84. The van der Waals surface area contributed by atoms with Gasteiger partial charge in [-0.2, -0.15) is 0 Å². The second-order valence-electron chi connectivity index (χ2n) is 5.28. The van der Waals surface area contributed by atoms with Crippen LogP contribution in [-0.4, -0.2) is 21.4 Å². The fourth-order valence-electron chi connectivity index (χ4n) is 2.22. The van der Waals surface area contributed by atoms with E-state index >= 15 is 0 Å². The molecule has 106 valence electrons. The van der Waals surface area contributed by atoms with Crippen molar-refractivity contribution in [3.05, 3.63) is 53.9 Å². The Labute approximate surface area is 119 Å². The van der Waals surface area contributed by atoms with Gasteiger partial charge in [-0.05, 0) is 25.5 Å². The topological polar surface area (TPSA) is 51.3 Å². The Balaban J connectivity index is 2.25. The minimum Gasteiger partial charge on any atom is -0.397 e. The van der Waals surface area contributed by atoms with Gasteiger partial charge in [-0.1, -0.05) is 30.3 Å². The Kier molecular flexibility index (Phi) is 4.13. The highest BCUT2D eigenvalue weighted by molar-refractivity contribution is 5.94. The third-order valence-corrected chi connectivity index (χ3v) is 3.33. The first-order valence-electron chi connectivity index (χ1n) is 6.75. The van der Waals surface area contributed by atoms with Crippen molar-refractivity contribution in [2.45, 2.75) is 26.4 Å². The lowest BCUT2D eigenvalue weighted by Crippen LogP contribution is -2.37. The van der Waals surface area contributed by atoms with Gasteiger partial charge in [0.1, 0.15) is 5.69 Å². The molecule has 0 aliphatic carbocycles. The highest BCUT2D eigenvalue weighted by atomic mass is 16.2. The van der Waals surface area contributed by atoms with Crippen molar-refractivity contribution in [2.75, 3.05) is 5.73 Å². The number of hydrogen-bond donors (Lipinski definition) is 1. The molecule has 0 bridgehead atoms. The molecule has 0 spiro atoms. The quantitative estimate of drug-likeness (QED) is 0.929. The Bertz CT molecular complexity index is 587. The van der Waals surface area contributed by atoms with Crippen LogP contribution in [0.2, 0.25) is 0 Å². The smallest absolute Gasteiger partial charge is 0.271 e. The molecule has 0 aliphatic heterocycles. The van der Waals surface area contributed by atoms with Gasteiger partial charge in [0.25, 0.3) is 5.91 Å². The molecule has 1 heterocycles. The van der Waals surface area contributed by atoms with Crippen LogP contribution < -0.4 is 5.73 Å². The van der Waals surface area contributed by atoms with Crippen molar-refractivity contribution < 1.29 is 4.79 Å². The first-order chi connectivity index (χ1) is 9.49. The molecule has 1 aromatic carbocycles. The molecule has 0 aliphatic rings. The Morgan fingerprint density at radius 1 is 1.30 bits per heavy atom. The maximum Gasteiger partial charge on any atom is 0.271 e. The standard InChI is InChI=1S/C16H21N3O/c1-12(2)19(10-13-7-5-4-6-8-13)16(20)15-9-14(17)11-18(15)3/h4-9,11-12H,10,17H2,1-3H3. The van der Waals surface area contributed by atoms with E-state index in [-0.39, 0.29) is 11.9 Å². The first kappa shape index (κ1) is 14.2.